The van der Waals surface area contributed by atoms with E-state index in [1.165, 1.54) is 26.2 Å². The predicted molar refractivity (Wildman–Crippen MR) is 222 cm³/mol. The topological polar surface area (TPSA) is 184 Å². The number of Topliss-reactive ketones (excluding diaryl/α,β-unsaturated/α-hetero) is 2. The number of ether oxygens (including phenoxy) is 6. The minimum atomic E-state index is -2.52. The number of aliphatic hydroxyl groups is 2. The van der Waals surface area contributed by atoms with Crippen molar-refractivity contribution in [3.8, 4) is 0 Å². The number of cyclic esters (lactones) is 1. The largest absolute Gasteiger partial charge is 0.469 e. The van der Waals surface area contributed by atoms with Crippen LogP contribution in [0.2, 0.25) is 0 Å². The van der Waals surface area contributed by atoms with Gasteiger partial charge in [-0.1, -0.05) is 45.4 Å². The molecule has 14 atom stereocenters. The van der Waals surface area contributed by atoms with Crippen molar-refractivity contribution >= 4 is 29.4 Å². The summed E-state index contributed by atoms with van der Waals surface area (Å²) in [5.74, 6) is -8.43. The first-order valence-electron chi connectivity index (χ1n) is 22.1. The summed E-state index contributed by atoms with van der Waals surface area (Å²) < 4.78 is 35.2. The molecule has 1 amide bonds. The third-order valence-corrected chi connectivity index (χ3v) is 13.7. The van der Waals surface area contributed by atoms with Gasteiger partial charge in [0.2, 0.25) is 5.79 Å². The quantitative estimate of drug-likeness (QED) is 0.183. The third kappa shape index (κ3) is 11.9. The molecule has 2 bridgehead atoms. The van der Waals surface area contributed by atoms with Crippen LogP contribution in [0.3, 0.4) is 0 Å². The standard InChI is InChI=1S/C46H73NO13/c1-11-32-19-26(2)18-27(3)20-38(56-8)42-39(57-9)22-29(5)46(54,60-42)43(51)44(52)47-17-13-12-14-34(47)45(53)59-41(30(6)33(24-36(32)49)25-40(50)58-10)28(4)21-31-15-16-35(48)37(23-31)55-7/h19,21,27,29-35,37-39,41-42,48,54H,11-18,20,22-25H2,1-10H3/b26-19+,28-21+/t27-,29+,30+,31-,32+,33?,34-,35+,37+,38-,39-,41+,42+,46+/m0/s1. The number of carbonyl (C=O) groups excluding carboxylic acids is 5. The number of carbonyl (C=O) groups is 5. The average molecular weight is 848 g/mol. The number of rotatable bonds is 8. The number of allylic oxidation sites excluding steroid dienone is 3. The van der Waals surface area contributed by atoms with E-state index >= 15 is 0 Å². The molecule has 1 aliphatic carbocycles. The Balaban J connectivity index is 1.84. The van der Waals surface area contributed by atoms with E-state index in [2.05, 4.69) is 6.92 Å². The van der Waals surface area contributed by atoms with E-state index in [0.29, 0.717) is 56.9 Å². The van der Waals surface area contributed by atoms with Gasteiger partial charge in [0.05, 0.1) is 31.5 Å². The minimum absolute atomic E-state index is 0.0158. The van der Waals surface area contributed by atoms with Crippen molar-refractivity contribution in [2.75, 3.05) is 35.0 Å². The van der Waals surface area contributed by atoms with Crippen LogP contribution in [0.4, 0.5) is 0 Å². The lowest BCUT2D eigenvalue weighted by molar-refractivity contribution is -0.302. The zero-order chi connectivity index (χ0) is 44.5. The van der Waals surface area contributed by atoms with Gasteiger partial charge >= 0.3 is 11.9 Å². The first kappa shape index (κ1) is 49.6. The lowest BCUT2D eigenvalue weighted by Crippen LogP contribution is -2.64. The van der Waals surface area contributed by atoms with Gasteiger partial charge in [-0.15, -0.1) is 0 Å². The second-order valence-corrected chi connectivity index (χ2v) is 18.1. The van der Waals surface area contributed by atoms with Crippen molar-refractivity contribution in [1.29, 1.82) is 0 Å². The third-order valence-electron chi connectivity index (χ3n) is 13.7. The Kier molecular flexibility index (Phi) is 18.5. The van der Waals surface area contributed by atoms with Gasteiger partial charge in [0.1, 0.15) is 24.0 Å². The number of hydrogen-bond donors (Lipinski definition) is 2. The second kappa shape index (κ2) is 22.4. The average Bonchev–Trinajstić information content (AvgIpc) is 3.23. The van der Waals surface area contributed by atoms with Crippen LogP contribution in [0.25, 0.3) is 0 Å². The number of esters is 2. The van der Waals surface area contributed by atoms with E-state index in [9.17, 15) is 34.2 Å². The van der Waals surface area contributed by atoms with Crippen molar-refractivity contribution in [2.24, 2.45) is 35.5 Å². The Bertz CT molecular complexity index is 1560. The molecule has 1 unspecified atom stereocenters. The summed E-state index contributed by atoms with van der Waals surface area (Å²) in [7, 11) is 5.93. The van der Waals surface area contributed by atoms with E-state index in [1.807, 2.05) is 39.8 Å². The van der Waals surface area contributed by atoms with Crippen molar-refractivity contribution < 1.29 is 62.6 Å². The van der Waals surface area contributed by atoms with Crippen LogP contribution in [-0.4, -0.2) is 128 Å². The molecule has 2 saturated heterocycles. The molecule has 1 saturated carbocycles. The zero-order valence-electron chi connectivity index (χ0n) is 37.7. The number of fused-ring (bicyclic) bond motifs is 3. The molecule has 3 fully saturated rings. The Morgan fingerprint density at radius 2 is 1.60 bits per heavy atom. The number of aliphatic hydroxyl groups excluding tert-OH is 1. The van der Waals surface area contributed by atoms with Crippen molar-refractivity contribution in [3.63, 3.8) is 0 Å². The van der Waals surface area contributed by atoms with Gasteiger partial charge in [-0.25, -0.2) is 4.79 Å². The van der Waals surface area contributed by atoms with Gasteiger partial charge in [0.25, 0.3) is 11.7 Å². The molecular weight excluding hydrogens is 774 g/mol. The molecule has 4 rings (SSSR count). The predicted octanol–water partition coefficient (Wildman–Crippen LogP) is 5.29. The second-order valence-electron chi connectivity index (χ2n) is 18.1. The van der Waals surface area contributed by atoms with Gasteiger partial charge in [-0.05, 0) is 101 Å². The molecule has 3 heterocycles. The van der Waals surface area contributed by atoms with E-state index < -0.39 is 89.6 Å². The number of nitrogens with zero attached hydrogens (tertiary/aromatic N) is 1. The molecule has 2 N–H and O–H groups in total. The first-order chi connectivity index (χ1) is 28.4. The smallest absolute Gasteiger partial charge is 0.329 e. The lowest BCUT2D eigenvalue weighted by atomic mass is 9.77. The van der Waals surface area contributed by atoms with Gasteiger partial charge in [0, 0.05) is 58.5 Å². The molecule has 0 spiro atoms. The molecule has 14 heteroatoms. The lowest BCUT2D eigenvalue weighted by Gasteiger charge is -2.47. The molecule has 0 aromatic carbocycles. The summed E-state index contributed by atoms with van der Waals surface area (Å²) in [6.07, 6.45) is 4.88. The fraction of sp³-hybridized carbons (Fsp3) is 0.804. The molecule has 0 aromatic rings. The van der Waals surface area contributed by atoms with Crippen LogP contribution in [0.15, 0.2) is 23.3 Å². The van der Waals surface area contributed by atoms with Crippen LogP contribution in [-0.2, 0) is 52.4 Å². The number of ketones is 2. The van der Waals surface area contributed by atoms with Gasteiger partial charge < -0.3 is 43.5 Å². The van der Waals surface area contributed by atoms with Crippen LogP contribution >= 0.6 is 0 Å². The van der Waals surface area contributed by atoms with Crippen LogP contribution in [0.1, 0.15) is 119 Å². The maximum Gasteiger partial charge on any atom is 0.329 e. The van der Waals surface area contributed by atoms with Gasteiger partial charge in [-0.3, -0.25) is 19.2 Å². The number of methoxy groups -OCH3 is 4. The van der Waals surface area contributed by atoms with Crippen molar-refractivity contribution in [3.05, 3.63) is 23.3 Å². The molecule has 0 radical (unpaired) electrons. The van der Waals surface area contributed by atoms with Crippen LogP contribution in [0, 0.1) is 35.5 Å². The fourth-order valence-corrected chi connectivity index (χ4v) is 10.0. The number of amides is 1. The highest BCUT2D eigenvalue weighted by Crippen LogP contribution is 2.40. The summed E-state index contributed by atoms with van der Waals surface area (Å²) in [4.78, 5) is 71.7. The molecule has 3 aliphatic heterocycles. The van der Waals surface area contributed by atoms with E-state index in [0.717, 1.165) is 5.57 Å². The molecular formula is C46H73NO13. The monoisotopic (exact) mass is 848 g/mol. The Hall–Kier alpha value is -3.01. The van der Waals surface area contributed by atoms with E-state index in [4.69, 9.17) is 28.4 Å². The van der Waals surface area contributed by atoms with Gasteiger partial charge in [0.15, 0.2) is 0 Å². The number of piperidine rings is 1. The molecule has 14 nitrogen and oxygen atoms in total. The highest BCUT2D eigenvalue weighted by molar-refractivity contribution is 6.39. The zero-order valence-corrected chi connectivity index (χ0v) is 37.7. The van der Waals surface area contributed by atoms with E-state index in [1.54, 1.807) is 14.0 Å². The summed E-state index contributed by atoms with van der Waals surface area (Å²) >= 11 is 0. The highest BCUT2D eigenvalue weighted by atomic mass is 16.7. The summed E-state index contributed by atoms with van der Waals surface area (Å²) in [5.41, 5.74) is 1.69. The van der Waals surface area contributed by atoms with Gasteiger partial charge in [-0.2, -0.15) is 0 Å². The molecule has 4 aliphatic rings. The highest BCUT2D eigenvalue weighted by Gasteiger charge is 2.56. The first-order valence-corrected chi connectivity index (χ1v) is 22.1. The van der Waals surface area contributed by atoms with Crippen LogP contribution in [0.5, 0.6) is 0 Å². The van der Waals surface area contributed by atoms with Crippen LogP contribution < -0.4 is 0 Å². The minimum Gasteiger partial charge on any atom is -0.469 e. The molecule has 60 heavy (non-hydrogen) atoms. The summed E-state index contributed by atoms with van der Waals surface area (Å²) in [5, 5.41) is 22.6. The fourth-order valence-electron chi connectivity index (χ4n) is 10.0. The Morgan fingerprint density at radius 3 is 2.23 bits per heavy atom. The SMILES string of the molecule is CC[C@@H]1/C=C(\C)C[C@H](C)C[C@H](OC)[C@H]2O[C@@](O)(C(=O)C(=O)N3CCCC[C@H]3C(=O)O[C@H](/C(C)=C/[C@@H]3CC[C@@H](O)[C@H](OC)C3)[C@H](C)C(CC(=O)OC)CC1=O)[C@H](C)C[C@@H]2OC. The van der Waals surface area contributed by atoms with Crippen molar-refractivity contribution in [2.45, 2.75) is 167 Å². The normalized spacial score (nSPS) is 39.5. The maximum atomic E-state index is 14.5. The summed E-state index contributed by atoms with van der Waals surface area (Å²) in [6.45, 7) is 11.4. The Labute approximate surface area is 357 Å². The summed E-state index contributed by atoms with van der Waals surface area (Å²) in [6, 6.07) is -1.15. The maximum absolute atomic E-state index is 14.5. The molecule has 0 aromatic heterocycles. The van der Waals surface area contributed by atoms with Crippen molar-refractivity contribution in [1.82, 2.24) is 4.90 Å². The van der Waals surface area contributed by atoms with E-state index in [-0.39, 0.29) is 56.0 Å². The molecule has 340 valence electrons. The number of hydrogen-bond acceptors (Lipinski definition) is 13. The Morgan fingerprint density at radius 1 is 0.933 bits per heavy atom.